The summed E-state index contributed by atoms with van der Waals surface area (Å²) in [6.07, 6.45) is 2.08. The van der Waals surface area contributed by atoms with E-state index >= 15 is 0 Å². The summed E-state index contributed by atoms with van der Waals surface area (Å²) in [6.45, 7) is 5.64. The number of hydrogen-bond acceptors (Lipinski definition) is 3. The van der Waals surface area contributed by atoms with Crippen LogP contribution in [0.5, 0.6) is 0 Å². The molecule has 3 aromatic rings. The Balaban J connectivity index is 1.95. The van der Waals surface area contributed by atoms with Crippen LogP contribution in [0.3, 0.4) is 0 Å². The van der Waals surface area contributed by atoms with Crippen molar-refractivity contribution in [2.24, 2.45) is 0 Å². The zero-order valence-corrected chi connectivity index (χ0v) is 17.4. The van der Waals surface area contributed by atoms with E-state index in [0.717, 1.165) is 5.56 Å². The number of nitrogens with zero attached hydrogens (tertiary/aromatic N) is 3. The fourth-order valence-corrected chi connectivity index (χ4v) is 3.08. The number of rotatable bonds is 7. The molecule has 0 unspecified atom stereocenters. The number of aromatic nitrogens is 2. The van der Waals surface area contributed by atoms with E-state index in [4.69, 9.17) is 0 Å². The first-order valence-corrected chi connectivity index (χ1v) is 9.91. The third-order valence-electron chi connectivity index (χ3n) is 4.83. The van der Waals surface area contributed by atoms with Crippen LogP contribution < -0.4 is 5.32 Å². The molecule has 0 saturated carbocycles. The van der Waals surface area contributed by atoms with Crippen LogP contribution in [0.25, 0.3) is 16.9 Å². The van der Waals surface area contributed by atoms with E-state index < -0.39 is 0 Å². The first-order valence-electron chi connectivity index (χ1n) is 9.91. The molecule has 0 fully saturated rings. The molecule has 1 N–H and O–H groups in total. The van der Waals surface area contributed by atoms with Gasteiger partial charge in [-0.3, -0.25) is 19.5 Å². The number of anilines is 1. The number of amides is 2. The summed E-state index contributed by atoms with van der Waals surface area (Å²) in [7, 11) is 0. The third kappa shape index (κ3) is 4.74. The maximum absolute atomic E-state index is 14.2. The number of imidazole rings is 1. The van der Waals surface area contributed by atoms with E-state index in [0.29, 0.717) is 29.9 Å². The standard InChI is InChI=1S/C23H25FN4O2/c1-4-22(30)27(5-2)15-21(29)26-23-25-20(17-9-7-6-8-10-17)14-28(23)18-12-11-16(3)19(24)13-18/h6-14H,4-5,15H2,1-3H3,(H,25,26,29). The summed E-state index contributed by atoms with van der Waals surface area (Å²) in [6, 6.07) is 14.4. The van der Waals surface area contributed by atoms with Gasteiger partial charge in [0.05, 0.1) is 17.9 Å². The van der Waals surface area contributed by atoms with Gasteiger partial charge in [0.1, 0.15) is 5.82 Å². The molecule has 0 atom stereocenters. The molecule has 0 spiro atoms. The fourth-order valence-electron chi connectivity index (χ4n) is 3.08. The second kappa shape index (κ2) is 9.35. The van der Waals surface area contributed by atoms with Crippen molar-refractivity contribution in [1.29, 1.82) is 0 Å². The average molecular weight is 408 g/mol. The van der Waals surface area contributed by atoms with Gasteiger partial charge in [0.15, 0.2) is 0 Å². The van der Waals surface area contributed by atoms with Crippen LogP contribution >= 0.6 is 0 Å². The lowest BCUT2D eigenvalue weighted by molar-refractivity contribution is -0.134. The molecule has 3 rings (SSSR count). The van der Waals surface area contributed by atoms with Gasteiger partial charge in [0.2, 0.25) is 17.8 Å². The van der Waals surface area contributed by atoms with Gasteiger partial charge in [0.25, 0.3) is 0 Å². The van der Waals surface area contributed by atoms with Crippen molar-refractivity contribution in [2.45, 2.75) is 27.2 Å². The largest absolute Gasteiger partial charge is 0.334 e. The minimum Gasteiger partial charge on any atom is -0.334 e. The lowest BCUT2D eigenvalue weighted by atomic mass is 10.2. The molecule has 0 aliphatic heterocycles. The molecule has 156 valence electrons. The number of carbonyl (C=O) groups is 2. The quantitative estimate of drug-likeness (QED) is 0.638. The van der Waals surface area contributed by atoms with Gasteiger partial charge in [-0.1, -0.05) is 43.3 Å². The van der Waals surface area contributed by atoms with E-state index in [-0.39, 0.29) is 30.1 Å². The van der Waals surface area contributed by atoms with Crippen LogP contribution in [0, 0.1) is 12.7 Å². The van der Waals surface area contributed by atoms with Crippen molar-refractivity contribution in [3.63, 3.8) is 0 Å². The second-order valence-electron chi connectivity index (χ2n) is 6.93. The summed E-state index contributed by atoms with van der Waals surface area (Å²) in [5.74, 6) is -0.535. The zero-order chi connectivity index (χ0) is 21.7. The van der Waals surface area contributed by atoms with E-state index in [9.17, 15) is 14.0 Å². The monoisotopic (exact) mass is 408 g/mol. The Bertz CT molecular complexity index is 1050. The van der Waals surface area contributed by atoms with Crippen molar-refractivity contribution in [2.75, 3.05) is 18.4 Å². The number of aryl methyl sites for hydroxylation is 1. The zero-order valence-electron chi connectivity index (χ0n) is 17.4. The van der Waals surface area contributed by atoms with Gasteiger partial charge >= 0.3 is 0 Å². The van der Waals surface area contributed by atoms with Gasteiger partial charge in [-0.2, -0.15) is 0 Å². The third-order valence-corrected chi connectivity index (χ3v) is 4.83. The lowest BCUT2D eigenvalue weighted by Crippen LogP contribution is -2.37. The van der Waals surface area contributed by atoms with E-state index in [1.165, 1.54) is 11.0 Å². The van der Waals surface area contributed by atoms with Crippen LogP contribution in [0.1, 0.15) is 25.8 Å². The highest BCUT2D eigenvalue weighted by Crippen LogP contribution is 2.25. The van der Waals surface area contributed by atoms with Crippen molar-refractivity contribution >= 4 is 17.8 Å². The first kappa shape index (κ1) is 21.2. The molecular weight excluding hydrogens is 383 g/mol. The predicted molar refractivity (Wildman–Crippen MR) is 115 cm³/mol. The lowest BCUT2D eigenvalue weighted by Gasteiger charge is -2.19. The van der Waals surface area contributed by atoms with E-state index in [1.807, 2.05) is 37.3 Å². The van der Waals surface area contributed by atoms with Gasteiger partial charge in [-0.25, -0.2) is 9.37 Å². The summed E-state index contributed by atoms with van der Waals surface area (Å²) < 4.78 is 15.8. The molecule has 0 radical (unpaired) electrons. The predicted octanol–water partition coefficient (Wildman–Crippen LogP) is 4.18. The Labute approximate surface area is 175 Å². The summed E-state index contributed by atoms with van der Waals surface area (Å²) in [4.78, 5) is 30.6. The highest BCUT2D eigenvalue weighted by Gasteiger charge is 2.18. The van der Waals surface area contributed by atoms with Gasteiger partial charge in [0, 0.05) is 24.7 Å². The molecule has 30 heavy (non-hydrogen) atoms. The summed E-state index contributed by atoms with van der Waals surface area (Å²) >= 11 is 0. The molecule has 6 nitrogen and oxygen atoms in total. The van der Waals surface area contributed by atoms with Crippen molar-refractivity contribution in [3.8, 4) is 16.9 Å². The highest BCUT2D eigenvalue weighted by molar-refractivity contribution is 5.93. The van der Waals surface area contributed by atoms with E-state index in [2.05, 4.69) is 10.3 Å². The van der Waals surface area contributed by atoms with Gasteiger partial charge < -0.3 is 4.90 Å². The maximum atomic E-state index is 14.2. The average Bonchev–Trinajstić information content (AvgIpc) is 3.17. The molecule has 2 amide bonds. The second-order valence-corrected chi connectivity index (χ2v) is 6.93. The first-order chi connectivity index (χ1) is 14.4. The highest BCUT2D eigenvalue weighted by atomic mass is 19.1. The Morgan fingerprint density at radius 2 is 1.87 bits per heavy atom. The van der Waals surface area contributed by atoms with Gasteiger partial charge in [-0.15, -0.1) is 0 Å². The van der Waals surface area contributed by atoms with Crippen molar-refractivity contribution in [1.82, 2.24) is 14.5 Å². The minimum atomic E-state index is -0.363. The van der Waals surface area contributed by atoms with Crippen molar-refractivity contribution < 1.29 is 14.0 Å². The van der Waals surface area contributed by atoms with Gasteiger partial charge in [-0.05, 0) is 31.5 Å². The molecule has 0 aliphatic carbocycles. The smallest absolute Gasteiger partial charge is 0.246 e. The topological polar surface area (TPSA) is 67.2 Å². The number of likely N-dealkylation sites (N-methyl/N-ethyl adjacent to an activating group) is 1. The SMILES string of the molecule is CCC(=O)N(CC)CC(=O)Nc1nc(-c2ccccc2)cn1-c1ccc(C)c(F)c1. The normalized spacial score (nSPS) is 10.7. The Hall–Kier alpha value is -3.48. The van der Waals surface area contributed by atoms with Crippen molar-refractivity contribution in [3.05, 3.63) is 66.1 Å². The molecule has 0 bridgehead atoms. The molecule has 7 heteroatoms. The van der Waals surface area contributed by atoms with Crippen LogP contribution in [0.4, 0.5) is 10.3 Å². The fraction of sp³-hybridized carbons (Fsp3) is 0.261. The number of halogens is 1. The summed E-state index contributed by atoms with van der Waals surface area (Å²) in [5, 5.41) is 2.77. The maximum Gasteiger partial charge on any atom is 0.246 e. The molecular formula is C23H25FN4O2. The number of benzene rings is 2. The number of nitrogens with one attached hydrogen (secondary N) is 1. The molecule has 2 aromatic carbocycles. The minimum absolute atomic E-state index is 0.0705. The molecule has 0 saturated heterocycles. The summed E-state index contributed by atoms with van der Waals surface area (Å²) in [5.41, 5.74) is 2.59. The van der Waals surface area contributed by atoms with Crippen LogP contribution in [0.2, 0.25) is 0 Å². The Morgan fingerprint density at radius 1 is 1.13 bits per heavy atom. The van der Waals surface area contributed by atoms with Crippen LogP contribution in [-0.4, -0.2) is 39.4 Å². The number of carbonyl (C=O) groups excluding carboxylic acids is 2. The Morgan fingerprint density at radius 3 is 2.50 bits per heavy atom. The number of hydrogen-bond donors (Lipinski definition) is 1. The Kier molecular flexibility index (Phi) is 6.61. The molecule has 0 aliphatic rings. The van der Waals surface area contributed by atoms with E-state index in [1.54, 1.807) is 36.7 Å². The van der Waals surface area contributed by atoms with Crippen LogP contribution in [-0.2, 0) is 9.59 Å². The molecule has 1 heterocycles. The molecule has 1 aromatic heterocycles. The van der Waals surface area contributed by atoms with Crippen LogP contribution in [0.15, 0.2) is 54.7 Å².